The van der Waals surface area contributed by atoms with Crippen LogP contribution in [0.5, 0.6) is 0 Å². The highest BCUT2D eigenvalue weighted by Gasteiger charge is 2.42. The molecule has 1 rings (SSSR count). The van der Waals surface area contributed by atoms with Gasteiger partial charge in [0.05, 0.1) is 12.2 Å². The second kappa shape index (κ2) is 2.79. The van der Waals surface area contributed by atoms with Crippen molar-refractivity contribution >= 4 is 5.97 Å². The third-order valence-corrected chi connectivity index (χ3v) is 2.10. The molecule has 0 aliphatic carbocycles. The first-order valence-corrected chi connectivity index (χ1v) is 3.60. The first-order valence-electron chi connectivity index (χ1n) is 3.60. The van der Waals surface area contributed by atoms with Gasteiger partial charge in [0.1, 0.15) is 0 Å². The van der Waals surface area contributed by atoms with Gasteiger partial charge in [0.2, 0.25) is 0 Å². The highest BCUT2D eigenvalue weighted by Crippen LogP contribution is 2.26. The fourth-order valence-corrected chi connectivity index (χ4v) is 1.33. The van der Waals surface area contributed by atoms with Gasteiger partial charge in [-0.1, -0.05) is 6.92 Å². The molecule has 0 spiro atoms. The Balaban J connectivity index is 2.67. The maximum Gasteiger partial charge on any atom is 0.333 e. The largest absolute Gasteiger partial charge is 0.479 e. The van der Waals surface area contributed by atoms with Gasteiger partial charge in [-0.05, 0) is 6.92 Å². The van der Waals surface area contributed by atoms with Gasteiger partial charge >= 0.3 is 5.97 Å². The zero-order valence-electron chi connectivity index (χ0n) is 6.52. The third kappa shape index (κ3) is 1.36. The lowest BCUT2D eigenvalue weighted by Crippen LogP contribution is -2.28. The van der Waals surface area contributed by atoms with Crippen LogP contribution in [0.1, 0.15) is 13.8 Å². The smallest absolute Gasteiger partial charge is 0.333 e. The lowest BCUT2D eigenvalue weighted by atomic mass is 9.99. The van der Waals surface area contributed by atoms with Gasteiger partial charge in [-0.15, -0.1) is 0 Å². The molecule has 0 bridgehead atoms. The Kier molecular flexibility index (Phi) is 2.15. The Labute approximate surface area is 64.8 Å². The van der Waals surface area contributed by atoms with E-state index in [0.29, 0.717) is 0 Å². The lowest BCUT2D eigenvalue weighted by molar-refractivity contribution is -0.150. The molecule has 0 aromatic carbocycles. The lowest BCUT2D eigenvalue weighted by Gasteiger charge is -2.09. The molecule has 4 nitrogen and oxygen atoms in total. The fourth-order valence-electron chi connectivity index (χ4n) is 1.33. The number of carbonyl (C=O) groups is 1. The molecule has 4 atom stereocenters. The minimum atomic E-state index is -0.999. The summed E-state index contributed by atoms with van der Waals surface area (Å²) in [4.78, 5) is 10.5. The molecule has 0 aromatic heterocycles. The van der Waals surface area contributed by atoms with E-state index in [2.05, 4.69) is 0 Å². The number of aliphatic carboxylic acids is 1. The van der Waals surface area contributed by atoms with Crippen molar-refractivity contribution in [2.45, 2.75) is 32.2 Å². The summed E-state index contributed by atoms with van der Waals surface area (Å²) >= 11 is 0. The molecule has 64 valence electrons. The number of aliphatic hydroxyl groups excluding tert-OH is 1. The Hall–Kier alpha value is -0.610. The monoisotopic (exact) mass is 160 g/mol. The Morgan fingerprint density at radius 2 is 2.00 bits per heavy atom. The fraction of sp³-hybridized carbons (Fsp3) is 0.857. The van der Waals surface area contributed by atoms with E-state index in [1.54, 1.807) is 13.8 Å². The van der Waals surface area contributed by atoms with Crippen LogP contribution in [-0.2, 0) is 9.53 Å². The van der Waals surface area contributed by atoms with Crippen LogP contribution in [0.2, 0.25) is 0 Å². The van der Waals surface area contributed by atoms with Crippen molar-refractivity contribution in [1.29, 1.82) is 0 Å². The molecule has 1 heterocycles. The number of aliphatic hydroxyl groups is 1. The molecule has 0 aromatic rings. The molecular formula is C7H12O4. The highest BCUT2D eigenvalue weighted by atomic mass is 16.5. The number of hydrogen-bond acceptors (Lipinski definition) is 3. The van der Waals surface area contributed by atoms with Crippen molar-refractivity contribution in [3.05, 3.63) is 0 Å². The SMILES string of the molecule is C[C@H]1[C@H](O)[C@@H](C)O[C@@H]1C(=O)O. The van der Waals surface area contributed by atoms with Gasteiger partial charge in [0, 0.05) is 5.92 Å². The third-order valence-electron chi connectivity index (χ3n) is 2.10. The molecule has 0 unspecified atom stereocenters. The summed E-state index contributed by atoms with van der Waals surface area (Å²) in [5.41, 5.74) is 0. The van der Waals surface area contributed by atoms with Gasteiger partial charge in [0.15, 0.2) is 6.10 Å². The molecular weight excluding hydrogens is 148 g/mol. The summed E-state index contributed by atoms with van der Waals surface area (Å²) in [6.07, 6.45) is -1.87. The van der Waals surface area contributed by atoms with Crippen LogP contribution >= 0.6 is 0 Å². The summed E-state index contributed by atoms with van der Waals surface area (Å²) in [5, 5.41) is 17.9. The van der Waals surface area contributed by atoms with Crippen LogP contribution in [0.25, 0.3) is 0 Å². The van der Waals surface area contributed by atoms with Gasteiger partial charge in [-0.2, -0.15) is 0 Å². The second-order valence-corrected chi connectivity index (χ2v) is 2.95. The second-order valence-electron chi connectivity index (χ2n) is 2.95. The van der Waals surface area contributed by atoms with Crippen molar-refractivity contribution < 1.29 is 19.7 Å². The average Bonchev–Trinajstić information content (AvgIpc) is 2.17. The van der Waals surface area contributed by atoms with Gasteiger partial charge in [0.25, 0.3) is 0 Å². The summed E-state index contributed by atoms with van der Waals surface area (Å²) in [7, 11) is 0. The Morgan fingerprint density at radius 1 is 1.45 bits per heavy atom. The molecule has 1 aliphatic rings. The van der Waals surface area contributed by atoms with Gasteiger partial charge < -0.3 is 14.9 Å². The Bertz CT molecular complexity index is 168. The highest BCUT2D eigenvalue weighted by molar-refractivity contribution is 5.73. The number of carboxylic acids is 1. The van der Waals surface area contributed by atoms with Crippen LogP contribution in [0, 0.1) is 5.92 Å². The molecule has 2 N–H and O–H groups in total. The van der Waals surface area contributed by atoms with Crippen molar-refractivity contribution in [3.63, 3.8) is 0 Å². The molecule has 11 heavy (non-hydrogen) atoms. The quantitative estimate of drug-likeness (QED) is 0.560. The van der Waals surface area contributed by atoms with E-state index in [4.69, 9.17) is 9.84 Å². The molecule has 0 saturated carbocycles. The standard InChI is InChI=1S/C7H12O4/c1-3-5(8)4(2)11-6(3)7(9)10/h3-6,8H,1-2H3,(H,9,10)/t3-,4+,5-,6-/m0/s1. The van der Waals surface area contributed by atoms with E-state index in [9.17, 15) is 9.90 Å². The van der Waals surface area contributed by atoms with E-state index in [1.807, 2.05) is 0 Å². The van der Waals surface area contributed by atoms with E-state index < -0.39 is 18.2 Å². The van der Waals surface area contributed by atoms with Crippen molar-refractivity contribution in [1.82, 2.24) is 0 Å². The maximum absolute atomic E-state index is 10.5. The normalized spacial score (nSPS) is 44.3. The van der Waals surface area contributed by atoms with Gasteiger partial charge in [-0.3, -0.25) is 0 Å². The maximum atomic E-state index is 10.5. The molecule has 1 fully saturated rings. The van der Waals surface area contributed by atoms with Crippen LogP contribution in [0.15, 0.2) is 0 Å². The van der Waals surface area contributed by atoms with Crippen LogP contribution < -0.4 is 0 Å². The molecule has 1 saturated heterocycles. The average molecular weight is 160 g/mol. The number of carboxylic acid groups (broad SMARTS) is 1. The van der Waals surface area contributed by atoms with Crippen molar-refractivity contribution in [2.75, 3.05) is 0 Å². The van der Waals surface area contributed by atoms with Crippen LogP contribution in [0.4, 0.5) is 0 Å². The first kappa shape index (κ1) is 8.49. The predicted octanol–water partition coefficient (Wildman–Crippen LogP) is -0.145. The zero-order valence-corrected chi connectivity index (χ0v) is 6.52. The Morgan fingerprint density at radius 3 is 2.18 bits per heavy atom. The molecule has 1 aliphatic heterocycles. The topological polar surface area (TPSA) is 66.8 Å². The van der Waals surface area contributed by atoms with E-state index in [1.165, 1.54) is 0 Å². The molecule has 4 heteroatoms. The summed E-state index contributed by atoms with van der Waals surface area (Å²) < 4.78 is 5.00. The van der Waals surface area contributed by atoms with Crippen LogP contribution in [-0.4, -0.2) is 34.5 Å². The molecule has 0 amide bonds. The first-order chi connectivity index (χ1) is 5.04. The van der Waals surface area contributed by atoms with Crippen molar-refractivity contribution in [2.24, 2.45) is 5.92 Å². The number of hydrogen-bond donors (Lipinski definition) is 2. The minimum absolute atomic E-state index is 0.317. The van der Waals surface area contributed by atoms with E-state index in [-0.39, 0.29) is 12.0 Å². The zero-order chi connectivity index (χ0) is 8.59. The summed E-state index contributed by atoms with van der Waals surface area (Å²) in [5.74, 6) is -1.32. The summed E-state index contributed by atoms with van der Waals surface area (Å²) in [6.45, 7) is 3.34. The minimum Gasteiger partial charge on any atom is -0.479 e. The predicted molar refractivity (Wildman–Crippen MR) is 37.1 cm³/mol. The number of rotatable bonds is 1. The van der Waals surface area contributed by atoms with Gasteiger partial charge in [-0.25, -0.2) is 4.79 Å². The number of ether oxygens (including phenoxy) is 1. The van der Waals surface area contributed by atoms with E-state index >= 15 is 0 Å². The van der Waals surface area contributed by atoms with Crippen LogP contribution in [0.3, 0.4) is 0 Å². The molecule has 0 radical (unpaired) electrons. The summed E-state index contributed by atoms with van der Waals surface area (Å²) in [6, 6.07) is 0. The van der Waals surface area contributed by atoms with Crippen molar-refractivity contribution in [3.8, 4) is 0 Å². The van der Waals surface area contributed by atoms with E-state index in [0.717, 1.165) is 0 Å².